The molecule has 1 rings (SSSR count). The summed E-state index contributed by atoms with van der Waals surface area (Å²) in [5, 5.41) is 6.47. The average molecular weight is 378 g/mol. The van der Waals surface area contributed by atoms with Crippen molar-refractivity contribution in [3.63, 3.8) is 0 Å². The summed E-state index contributed by atoms with van der Waals surface area (Å²) in [6, 6.07) is 0. The molecule has 0 spiro atoms. The van der Waals surface area contributed by atoms with Gasteiger partial charge in [0.2, 0.25) is 0 Å². The molecule has 1 aliphatic rings. The predicted molar refractivity (Wildman–Crippen MR) is 102 cm³/mol. The molecule has 0 aromatic heterocycles. The molecule has 7 nitrogen and oxygen atoms in total. The van der Waals surface area contributed by atoms with Gasteiger partial charge in [-0.05, 0) is 32.1 Å². The summed E-state index contributed by atoms with van der Waals surface area (Å²) in [7, 11) is -1.22. The Labute approximate surface area is 152 Å². The zero-order valence-electron chi connectivity index (χ0n) is 15.9. The van der Waals surface area contributed by atoms with Gasteiger partial charge >= 0.3 is 0 Å². The van der Waals surface area contributed by atoms with Crippen LogP contribution in [0.3, 0.4) is 0 Å². The Morgan fingerprint density at radius 3 is 2.48 bits per heavy atom. The van der Waals surface area contributed by atoms with Crippen LogP contribution in [0.5, 0.6) is 0 Å². The molecule has 1 saturated carbocycles. The number of guanidine groups is 1. The summed E-state index contributed by atoms with van der Waals surface area (Å²) in [4.78, 5) is 4.19. The van der Waals surface area contributed by atoms with E-state index in [0.29, 0.717) is 25.2 Å². The van der Waals surface area contributed by atoms with Gasteiger partial charge in [-0.25, -0.2) is 8.42 Å². The lowest BCUT2D eigenvalue weighted by Crippen LogP contribution is -2.40. The minimum Gasteiger partial charge on any atom is -0.379 e. The van der Waals surface area contributed by atoms with E-state index in [4.69, 9.17) is 9.47 Å². The van der Waals surface area contributed by atoms with Crippen molar-refractivity contribution in [1.29, 1.82) is 0 Å². The third-order valence-electron chi connectivity index (χ3n) is 4.39. The zero-order valence-corrected chi connectivity index (χ0v) is 16.7. The first kappa shape index (κ1) is 22.2. The van der Waals surface area contributed by atoms with Crippen molar-refractivity contribution in [2.45, 2.75) is 45.1 Å². The van der Waals surface area contributed by atoms with Crippen molar-refractivity contribution in [3.05, 3.63) is 0 Å². The van der Waals surface area contributed by atoms with E-state index in [1.54, 1.807) is 7.05 Å². The summed E-state index contributed by atoms with van der Waals surface area (Å²) in [6.45, 7) is 4.89. The second-order valence-corrected chi connectivity index (χ2v) is 8.75. The monoisotopic (exact) mass is 377 g/mol. The molecule has 0 aliphatic heterocycles. The molecule has 0 amide bonds. The van der Waals surface area contributed by atoms with E-state index >= 15 is 0 Å². The van der Waals surface area contributed by atoms with Crippen LogP contribution in [0.1, 0.15) is 39.0 Å². The number of ether oxygens (including phenoxy) is 2. The second kappa shape index (κ2) is 12.5. The lowest BCUT2D eigenvalue weighted by atomic mass is 9.98. The number of aliphatic imine (C=N–C) groups is 1. The van der Waals surface area contributed by atoms with E-state index in [-0.39, 0.29) is 12.4 Å². The topological polar surface area (TPSA) is 89.0 Å². The largest absolute Gasteiger partial charge is 0.379 e. The van der Waals surface area contributed by atoms with E-state index in [1.165, 1.54) is 31.9 Å². The van der Waals surface area contributed by atoms with Gasteiger partial charge in [0.1, 0.15) is 9.84 Å². The van der Waals surface area contributed by atoms with Crippen LogP contribution in [0.4, 0.5) is 0 Å². The third-order valence-corrected chi connectivity index (χ3v) is 5.30. The summed E-state index contributed by atoms with van der Waals surface area (Å²) in [6.07, 6.45) is 7.72. The molecule has 0 aromatic carbocycles. The van der Waals surface area contributed by atoms with Crippen LogP contribution in [0.2, 0.25) is 0 Å². The van der Waals surface area contributed by atoms with Crippen molar-refractivity contribution in [2.24, 2.45) is 10.9 Å². The van der Waals surface area contributed by atoms with E-state index in [1.807, 2.05) is 0 Å². The van der Waals surface area contributed by atoms with Crippen LogP contribution in [0.15, 0.2) is 4.99 Å². The van der Waals surface area contributed by atoms with E-state index in [0.717, 1.165) is 25.5 Å². The highest BCUT2D eigenvalue weighted by atomic mass is 32.2. The standard InChI is InChI=1S/C17H35N3O4S/c1-4-24-16(15-7-5-6-8-15)9-10-19-17(18-2)20-11-12-23-13-14-25(3,21)22/h15-16H,4-14H2,1-3H3,(H2,18,19,20). The molecule has 0 saturated heterocycles. The molecule has 0 aromatic rings. The summed E-state index contributed by atoms with van der Waals surface area (Å²) >= 11 is 0. The highest BCUT2D eigenvalue weighted by Crippen LogP contribution is 2.30. The van der Waals surface area contributed by atoms with Gasteiger partial charge in [0.05, 0.1) is 25.1 Å². The van der Waals surface area contributed by atoms with Gasteiger partial charge in [-0.15, -0.1) is 0 Å². The van der Waals surface area contributed by atoms with Crippen molar-refractivity contribution in [2.75, 3.05) is 52.0 Å². The maximum Gasteiger partial charge on any atom is 0.191 e. The molecule has 8 heteroatoms. The van der Waals surface area contributed by atoms with Gasteiger partial charge in [0, 0.05) is 33.0 Å². The van der Waals surface area contributed by atoms with Crippen LogP contribution >= 0.6 is 0 Å². The normalized spacial score (nSPS) is 17.6. The van der Waals surface area contributed by atoms with Crippen molar-refractivity contribution >= 4 is 15.8 Å². The highest BCUT2D eigenvalue weighted by Gasteiger charge is 2.24. The minimum atomic E-state index is -2.96. The molecule has 0 bridgehead atoms. The first-order chi connectivity index (χ1) is 12.0. The molecule has 1 unspecified atom stereocenters. The fourth-order valence-electron chi connectivity index (χ4n) is 3.11. The average Bonchev–Trinajstić information content (AvgIpc) is 3.08. The number of nitrogens with zero attached hydrogens (tertiary/aromatic N) is 1. The Kier molecular flexibility index (Phi) is 11.1. The smallest absolute Gasteiger partial charge is 0.191 e. The molecule has 2 N–H and O–H groups in total. The molecule has 1 fully saturated rings. The molecular weight excluding hydrogens is 342 g/mol. The first-order valence-electron chi connectivity index (χ1n) is 9.28. The van der Waals surface area contributed by atoms with E-state index in [9.17, 15) is 8.42 Å². The first-order valence-corrected chi connectivity index (χ1v) is 11.3. The van der Waals surface area contributed by atoms with E-state index in [2.05, 4.69) is 22.5 Å². The zero-order chi connectivity index (χ0) is 18.5. The Bertz CT molecular complexity index is 476. The quantitative estimate of drug-likeness (QED) is 0.302. The van der Waals surface area contributed by atoms with Crippen molar-refractivity contribution in [1.82, 2.24) is 10.6 Å². The second-order valence-electron chi connectivity index (χ2n) is 6.50. The van der Waals surface area contributed by atoms with Gasteiger partial charge in [0.25, 0.3) is 0 Å². The SMILES string of the molecule is CCOC(CCNC(=NC)NCCOCCS(C)(=O)=O)C1CCCC1. The maximum absolute atomic E-state index is 11.0. The van der Waals surface area contributed by atoms with Gasteiger partial charge in [-0.3, -0.25) is 4.99 Å². The van der Waals surface area contributed by atoms with Gasteiger partial charge in [-0.2, -0.15) is 0 Å². The Hall–Kier alpha value is -0.860. The van der Waals surface area contributed by atoms with Crippen LogP contribution in [0, 0.1) is 5.92 Å². The van der Waals surface area contributed by atoms with Crippen LogP contribution in [-0.2, 0) is 19.3 Å². The summed E-state index contributed by atoms with van der Waals surface area (Å²) in [5.74, 6) is 1.48. The molecular formula is C17H35N3O4S. The highest BCUT2D eigenvalue weighted by molar-refractivity contribution is 7.90. The number of nitrogens with one attached hydrogen (secondary N) is 2. The Morgan fingerprint density at radius 1 is 1.20 bits per heavy atom. The number of hydrogen-bond donors (Lipinski definition) is 2. The Balaban J connectivity index is 2.16. The molecule has 148 valence electrons. The van der Waals surface area contributed by atoms with Gasteiger partial charge < -0.3 is 20.1 Å². The van der Waals surface area contributed by atoms with Gasteiger partial charge in [-0.1, -0.05) is 12.8 Å². The van der Waals surface area contributed by atoms with Gasteiger partial charge in [0.15, 0.2) is 5.96 Å². The summed E-state index contributed by atoms with van der Waals surface area (Å²) in [5.41, 5.74) is 0. The third kappa shape index (κ3) is 10.7. The Morgan fingerprint density at radius 2 is 1.88 bits per heavy atom. The summed E-state index contributed by atoms with van der Waals surface area (Å²) < 4.78 is 33.2. The number of sulfone groups is 1. The van der Waals surface area contributed by atoms with Crippen molar-refractivity contribution < 1.29 is 17.9 Å². The molecule has 0 heterocycles. The molecule has 0 radical (unpaired) electrons. The van der Waals surface area contributed by atoms with Crippen LogP contribution < -0.4 is 10.6 Å². The van der Waals surface area contributed by atoms with Crippen molar-refractivity contribution in [3.8, 4) is 0 Å². The fourth-order valence-corrected chi connectivity index (χ4v) is 3.53. The lowest BCUT2D eigenvalue weighted by Gasteiger charge is -2.24. The maximum atomic E-state index is 11.0. The van der Waals surface area contributed by atoms with Crippen LogP contribution in [0.25, 0.3) is 0 Å². The molecule has 1 aliphatic carbocycles. The van der Waals surface area contributed by atoms with Crippen LogP contribution in [-0.4, -0.2) is 72.4 Å². The number of hydrogen-bond acceptors (Lipinski definition) is 5. The van der Waals surface area contributed by atoms with E-state index < -0.39 is 9.84 Å². The molecule has 25 heavy (non-hydrogen) atoms. The molecule has 1 atom stereocenters. The fraction of sp³-hybridized carbons (Fsp3) is 0.941. The lowest BCUT2D eigenvalue weighted by molar-refractivity contribution is 0.0169. The predicted octanol–water partition coefficient (Wildman–Crippen LogP) is 1.20. The minimum absolute atomic E-state index is 0.0555. The number of rotatable bonds is 12.